The number of carbonyl (C=O) groups excluding carboxylic acids is 2. The molecule has 0 atom stereocenters. The number of carbonyl (C=O) groups is 2. The molecule has 24 heavy (non-hydrogen) atoms. The van der Waals surface area contributed by atoms with Crippen molar-refractivity contribution in [1.82, 2.24) is 5.32 Å². The normalized spacial score (nSPS) is 10.8. The van der Waals surface area contributed by atoms with Gasteiger partial charge in [-0.25, -0.2) is 4.79 Å². The SMILES string of the molecule is CNC(=O)Nc1ccc(NC(=O)c2ccccc2C(F)(F)F)cc1. The molecule has 0 heterocycles. The molecule has 3 amide bonds. The summed E-state index contributed by atoms with van der Waals surface area (Å²) in [6, 6.07) is 10.1. The van der Waals surface area contributed by atoms with Gasteiger partial charge in [-0.1, -0.05) is 12.1 Å². The van der Waals surface area contributed by atoms with Crippen LogP contribution < -0.4 is 16.0 Å². The number of benzene rings is 2. The van der Waals surface area contributed by atoms with Crippen LogP contribution in [-0.4, -0.2) is 19.0 Å². The molecule has 8 heteroatoms. The van der Waals surface area contributed by atoms with E-state index in [1.54, 1.807) is 0 Å². The molecule has 0 aromatic heterocycles. The number of alkyl halides is 3. The Bertz CT molecular complexity index is 743. The van der Waals surface area contributed by atoms with Crippen molar-refractivity contribution in [1.29, 1.82) is 0 Å². The monoisotopic (exact) mass is 337 g/mol. The van der Waals surface area contributed by atoms with Crippen molar-refractivity contribution in [3.8, 4) is 0 Å². The maximum atomic E-state index is 12.9. The van der Waals surface area contributed by atoms with Crippen molar-refractivity contribution in [2.24, 2.45) is 0 Å². The molecule has 0 saturated carbocycles. The van der Waals surface area contributed by atoms with Crippen LogP contribution in [0.5, 0.6) is 0 Å². The zero-order valence-corrected chi connectivity index (χ0v) is 12.6. The summed E-state index contributed by atoms with van der Waals surface area (Å²) in [6.07, 6.45) is -4.62. The second-order valence-corrected chi connectivity index (χ2v) is 4.78. The summed E-state index contributed by atoms with van der Waals surface area (Å²) >= 11 is 0. The lowest BCUT2D eigenvalue weighted by Crippen LogP contribution is -2.24. The molecular formula is C16H14F3N3O2. The minimum absolute atomic E-state index is 0.305. The Hall–Kier alpha value is -3.03. The second kappa shape index (κ2) is 7.03. The third-order valence-electron chi connectivity index (χ3n) is 3.10. The van der Waals surface area contributed by atoms with Gasteiger partial charge in [0.15, 0.2) is 0 Å². The quantitative estimate of drug-likeness (QED) is 0.799. The zero-order valence-electron chi connectivity index (χ0n) is 12.6. The summed E-state index contributed by atoms with van der Waals surface area (Å²) in [4.78, 5) is 23.3. The van der Waals surface area contributed by atoms with Gasteiger partial charge in [0.05, 0.1) is 11.1 Å². The van der Waals surface area contributed by atoms with Crippen molar-refractivity contribution >= 4 is 23.3 Å². The molecule has 0 radical (unpaired) electrons. The van der Waals surface area contributed by atoms with Gasteiger partial charge in [-0.05, 0) is 36.4 Å². The second-order valence-electron chi connectivity index (χ2n) is 4.78. The molecule has 2 aromatic carbocycles. The fraction of sp³-hybridized carbons (Fsp3) is 0.125. The molecule has 0 unspecified atom stereocenters. The fourth-order valence-corrected chi connectivity index (χ4v) is 1.96. The Balaban J connectivity index is 2.15. The molecule has 2 aromatic rings. The summed E-state index contributed by atoms with van der Waals surface area (Å²) in [5, 5.41) is 7.30. The summed E-state index contributed by atoms with van der Waals surface area (Å²) in [5.74, 6) is -0.866. The van der Waals surface area contributed by atoms with Crippen LogP contribution in [-0.2, 0) is 6.18 Å². The highest BCUT2D eigenvalue weighted by molar-refractivity contribution is 6.05. The number of nitrogens with one attached hydrogen (secondary N) is 3. The van der Waals surface area contributed by atoms with Gasteiger partial charge in [-0.15, -0.1) is 0 Å². The van der Waals surface area contributed by atoms with Crippen LogP contribution in [0.1, 0.15) is 15.9 Å². The molecule has 0 bridgehead atoms. The molecule has 3 N–H and O–H groups in total. The van der Waals surface area contributed by atoms with Gasteiger partial charge in [-0.2, -0.15) is 13.2 Å². The molecule has 0 aliphatic rings. The van der Waals surface area contributed by atoms with Gasteiger partial charge < -0.3 is 16.0 Å². The molecule has 0 aliphatic carbocycles. The average molecular weight is 337 g/mol. The van der Waals surface area contributed by atoms with Gasteiger partial charge in [-0.3, -0.25) is 4.79 Å². The predicted molar refractivity (Wildman–Crippen MR) is 83.9 cm³/mol. The average Bonchev–Trinajstić information content (AvgIpc) is 2.55. The lowest BCUT2D eigenvalue weighted by molar-refractivity contribution is -0.137. The minimum atomic E-state index is -4.62. The highest BCUT2D eigenvalue weighted by atomic mass is 19.4. The Morgan fingerprint density at radius 3 is 1.96 bits per heavy atom. The Labute approximate surface area is 135 Å². The first-order valence-corrected chi connectivity index (χ1v) is 6.87. The van der Waals surface area contributed by atoms with Gasteiger partial charge in [0.2, 0.25) is 0 Å². The lowest BCUT2D eigenvalue weighted by atomic mass is 10.1. The smallest absolute Gasteiger partial charge is 0.341 e. The molecule has 0 spiro atoms. The Morgan fingerprint density at radius 2 is 1.42 bits per heavy atom. The summed E-state index contributed by atoms with van der Waals surface area (Å²) in [6.45, 7) is 0. The van der Waals surface area contributed by atoms with E-state index in [9.17, 15) is 22.8 Å². The van der Waals surface area contributed by atoms with E-state index in [2.05, 4.69) is 16.0 Å². The van der Waals surface area contributed by atoms with Crippen molar-refractivity contribution in [2.45, 2.75) is 6.18 Å². The fourth-order valence-electron chi connectivity index (χ4n) is 1.96. The first kappa shape index (κ1) is 17.3. The molecule has 0 aliphatic heterocycles. The molecule has 0 fully saturated rings. The van der Waals surface area contributed by atoms with E-state index in [1.165, 1.54) is 43.4 Å². The highest BCUT2D eigenvalue weighted by Gasteiger charge is 2.34. The maximum absolute atomic E-state index is 12.9. The largest absolute Gasteiger partial charge is 0.417 e. The van der Waals surface area contributed by atoms with E-state index in [1.807, 2.05) is 0 Å². The highest BCUT2D eigenvalue weighted by Crippen LogP contribution is 2.32. The Kier molecular flexibility index (Phi) is 5.08. The van der Waals surface area contributed by atoms with Gasteiger partial charge in [0.1, 0.15) is 0 Å². The van der Waals surface area contributed by atoms with Crippen LogP contribution >= 0.6 is 0 Å². The number of urea groups is 1. The first-order valence-electron chi connectivity index (χ1n) is 6.87. The molecular weight excluding hydrogens is 323 g/mol. The number of halogens is 3. The van der Waals surface area contributed by atoms with E-state index in [-0.39, 0.29) is 0 Å². The van der Waals surface area contributed by atoms with Crippen LogP contribution in [0.4, 0.5) is 29.3 Å². The van der Waals surface area contributed by atoms with Gasteiger partial charge in [0.25, 0.3) is 5.91 Å². The van der Waals surface area contributed by atoms with E-state index >= 15 is 0 Å². The van der Waals surface area contributed by atoms with Gasteiger partial charge >= 0.3 is 12.2 Å². The minimum Gasteiger partial charge on any atom is -0.341 e. The number of hydrogen-bond donors (Lipinski definition) is 3. The van der Waals surface area contributed by atoms with Crippen LogP contribution in [0.3, 0.4) is 0 Å². The third kappa shape index (κ3) is 4.25. The molecule has 2 rings (SSSR count). The first-order chi connectivity index (χ1) is 11.3. The number of anilines is 2. The van der Waals surface area contributed by atoms with Crippen molar-refractivity contribution in [3.63, 3.8) is 0 Å². The standard InChI is InChI=1S/C16H14F3N3O2/c1-20-15(24)22-11-8-6-10(7-9-11)21-14(23)12-4-2-3-5-13(12)16(17,18)19/h2-9H,1H3,(H,21,23)(H2,20,22,24). The summed E-state index contributed by atoms with van der Waals surface area (Å²) in [5.41, 5.74) is -0.680. The van der Waals surface area contributed by atoms with Crippen molar-refractivity contribution in [2.75, 3.05) is 17.7 Å². The van der Waals surface area contributed by atoms with E-state index in [0.717, 1.165) is 12.1 Å². The van der Waals surface area contributed by atoms with E-state index in [0.29, 0.717) is 11.4 Å². The number of rotatable bonds is 3. The van der Waals surface area contributed by atoms with Crippen LogP contribution in [0.2, 0.25) is 0 Å². The zero-order chi connectivity index (χ0) is 17.7. The van der Waals surface area contributed by atoms with Gasteiger partial charge in [0, 0.05) is 18.4 Å². The van der Waals surface area contributed by atoms with Crippen molar-refractivity contribution in [3.05, 3.63) is 59.7 Å². The van der Waals surface area contributed by atoms with E-state index < -0.39 is 29.2 Å². The number of hydrogen-bond acceptors (Lipinski definition) is 2. The summed E-state index contributed by atoms with van der Waals surface area (Å²) < 4.78 is 38.8. The lowest BCUT2D eigenvalue weighted by Gasteiger charge is -2.13. The predicted octanol–water partition coefficient (Wildman–Crippen LogP) is 3.71. The number of amides is 3. The molecule has 126 valence electrons. The molecule has 5 nitrogen and oxygen atoms in total. The summed E-state index contributed by atoms with van der Waals surface area (Å²) in [7, 11) is 1.46. The Morgan fingerprint density at radius 1 is 0.875 bits per heavy atom. The van der Waals surface area contributed by atoms with E-state index in [4.69, 9.17) is 0 Å². The maximum Gasteiger partial charge on any atom is 0.417 e. The van der Waals surface area contributed by atoms with Crippen LogP contribution in [0.25, 0.3) is 0 Å². The van der Waals surface area contributed by atoms with Crippen LogP contribution in [0.15, 0.2) is 48.5 Å². The van der Waals surface area contributed by atoms with Crippen LogP contribution in [0, 0.1) is 0 Å². The third-order valence-corrected chi connectivity index (χ3v) is 3.10. The topological polar surface area (TPSA) is 70.2 Å². The van der Waals surface area contributed by atoms with Crippen molar-refractivity contribution < 1.29 is 22.8 Å². The molecule has 0 saturated heterocycles.